The van der Waals surface area contributed by atoms with Crippen LogP contribution < -0.4 is 10.6 Å². The maximum absolute atomic E-state index is 12.9. The lowest BCUT2D eigenvalue weighted by atomic mass is 9.99. The molecular weight excluding hydrogens is 522 g/mol. The van der Waals surface area contributed by atoms with Gasteiger partial charge in [0.05, 0.1) is 22.0 Å². The molecule has 37 heavy (non-hydrogen) atoms. The third-order valence-electron chi connectivity index (χ3n) is 5.63. The number of aromatic nitrogens is 1. The van der Waals surface area contributed by atoms with Crippen molar-refractivity contribution >= 4 is 62.4 Å². The van der Waals surface area contributed by atoms with Crippen LogP contribution in [0.25, 0.3) is 10.2 Å². The van der Waals surface area contributed by atoms with Crippen molar-refractivity contribution in [3.63, 3.8) is 0 Å². The number of benzene rings is 4. The molecule has 0 radical (unpaired) electrons. The van der Waals surface area contributed by atoms with E-state index in [-0.39, 0.29) is 23.6 Å². The van der Waals surface area contributed by atoms with Gasteiger partial charge in [0, 0.05) is 16.3 Å². The third-order valence-corrected chi connectivity index (χ3v) is 8.04. The van der Waals surface area contributed by atoms with Crippen LogP contribution in [0.1, 0.15) is 27.5 Å². The van der Waals surface area contributed by atoms with Crippen LogP contribution in [0.4, 0.5) is 5.69 Å². The minimum absolute atomic E-state index is 0.0714. The van der Waals surface area contributed by atoms with Crippen LogP contribution >= 0.6 is 34.7 Å². The summed E-state index contributed by atoms with van der Waals surface area (Å²) in [4.78, 5) is 30.1. The van der Waals surface area contributed by atoms with Gasteiger partial charge in [-0.2, -0.15) is 0 Å². The fourth-order valence-corrected chi connectivity index (χ4v) is 5.87. The molecule has 0 aliphatic carbocycles. The number of hydrogen-bond donors (Lipinski definition) is 2. The van der Waals surface area contributed by atoms with Gasteiger partial charge in [-0.3, -0.25) is 9.59 Å². The van der Waals surface area contributed by atoms with E-state index in [0.717, 1.165) is 25.7 Å². The molecule has 8 heteroatoms. The predicted octanol–water partition coefficient (Wildman–Crippen LogP) is 7.20. The Balaban J connectivity index is 1.23. The maximum atomic E-state index is 12.9. The lowest BCUT2D eigenvalue weighted by Gasteiger charge is -2.19. The average Bonchev–Trinajstić information content (AvgIpc) is 3.34. The molecule has 5 rings (SSSR count). The summed E-state index contributed by atoms with van der Waals surface area (Å²) < 4.78 is 1.73. The molecule has 0 spiro atoms. The predicted molar refractivity (Wildman–Crippen MR) is 153 cm³/mol. The number of anilines is 1. The second-order valence-corrected chi connectivity index (χ2v) is 10.9. The normalized spacial score (nSPS) is 11.0. The maximum Gasteiger partial charge on any atom is 0.255 e. The Hall–Kier alpha value is -3.65. The number of thioether (sulfide) groups is 1. The summed E-state index contributed by atoms with van der Waals surface area (Å²) in [7, 11) is 0. The standard InChI is InChI=1S/C29H22ClN3O2S2/c30-22-13-11-21(12-14-22)28(35)31-23-15-16-24-25(17-23)37-29(32-24)36-18-26(34)33-27(19-7-3-1-4-8-19)20-9-5-2-6-10-20/h1-17,27H,18H2,(H,31,35)(H,33,34). The highest BCUT2D eigenvalue weighted by Gasteiger charge is 2.17. The molecule has 1 heterocycles. The van der Waals surface area contributed by atoms with E-state index in [9.17, 15) is 9.59 Å². The molecule has 5 nitrogen and oxygen atoms in total. The SMILES string of the molecule is O=C(CSc1nc2ccc(NC(=O)c3ccc(Cl)cc3)cc2s1)NC(c1ccccc1)c1ccccc1. The van der Waals surface area contributed by atoms with Gasteiger partial charge in [0.15, 0.2) is 4.34 Å². The molecule has 184 valence electrons. The summed E-state index contributed by atoms with van der Waals surface area (Å²) in [6.45, 7) is 0. The second-order valence-electron chi connectivity index (χ2n) is 8.23. The van der Waals surface area contributed by atoms with Gasteiger partial charge in [-0.15, -0.1) is 11.3 Å². The van der Waals surface area contributed by atoms with Gasteiger partial charge in [-0.25, -0.2) is 4.98 Å². The van der Waals surface area contributed by atoms with Crippen LogP contribution in [0.3, 0.4) is 0 Å². The molecule has 2 N–H and O–H groups in total. The minimum Gasteiger partial charge on any atom is -0.344 e. The molecule has 0 aliphatic rings. The second kappa shape index (κ2) is 11.6. The number of halogens is 1. The fourth-order valence-electron chi connectivity index (χ4n) is 3.83. The van der Waals surface area contributed by atoms with Gasteiger partial charge in [0.1, 0.15) is 0 Å². The van der Waals surface area contributed by atoms with E-state index in [1.807, 2.05) is 78.9 Å². The summed E-state index contributed by atoms with van der Waals surface area (Å²) in [6.07, 6.45) is 0. The first-order valence-corrected chi connectivity index (χ1v) is 13.7. The molecule has 0 saturated carbocycles. The molecule has 1 aromatic heterocycles. The highest BCUT2D eigenvalue weighted by Crippen LogP contribution is 2.32. The van der Waals surface area contributed by atoms with Gasteiger partial charge >= 0.3 is 0 Å². The quantitative estimate of drug-likeness (QED) is 0.203. The Labute approximate surface area is 227 Å². The highest BCUT2D eigenvalue weighted by atomic mass is 35.5. The highest BCUT2D eigenvalue weighted by molar-refractivity contribution is 8.01. The molecule has 4 aromatic carbocycles. The van der Waals surface area contributed by atoms with Crippen LogP contribution in [0.5, 0.6) is 0 Å². The van der Waals surface area contributed by atoms with E-state index in [1.165, 1.54) is 23.1 Å². The van der Waals surface area contributed by atoms with Crippen LogP contribution in [0.15, 0.2) is 107 Å². The summed E-state index contributed by atoms with van der Waals surface area (Å²) in [5.74, 6) is -0.0352. The largest absolute Gasteiger partial charge is 0.344 e. The zero-order valence-electron chi connectivity index (χ0n) is 19.6. The molecule has 5 aromatic rings. The number of nitrogens with zero attached hydrogens (tertiary/aromatic N) is 1. The van der Waals surface area contributed by atoms with Crippen molar-refractivity contribution in [2.45, 2.75) is 10.4 Å². The molecule has 2 amide bonds. The number of rotatable bonds is 8. The van der Waals surface area contributed by atoms with Crippen molar-refractivity contribution in [3.8, 4) is 0 Å². The summed E-state index contributed by atoms with van der Waals surface area (Å²) in [6, 6.07) is 32.0. The van der Waals surface area contributed by atoms with E-state index in [1.54, 1.807) is 24.3 Å². The number of fused-ring (bicyclic) bond motifs is 1. The number of carbonyl (C=O) groups excluding carboxylic acids is 2. The lowest BCUT2D eigenvalue weighted by Crippen LogP contribution is -2.30. The van der Waals surface area contributed by atoms with Crippen molar-refractivity contribution in [1.29, 1.82) is 0 Å². The summed E-state index contributed by atoms with van der Waals surface area (Å²) >= 11 is 8.80. The first-order valence-electron chi connectivity index (χ1n) is 11.5. The minimum atomic E-state index is -0.224. The number of carbonyl (C=O) groups is 2. The molecular formula is C29H22ClN3O2S2. The van der Waals surface area contributed by atoms with Gasteiger partial charge in [0.2, 0.25) is 5.91 Å². The molecule has 0 aliphatic heterocycles. The first kappa shape index (κ1) is 25.0. The van der Waals surface area contributed by atoms with Crippen LogP contribution in [0.2, 0.25) is 5.02 Å². The topological polar surface area (TPSA) is 71.1 Å². The number of amides is 2. The lowest BCUT2D eigenvalue weighted by molar-refractivity contribution is -0.119. The molecule has 0 bridgehead atoms. The van der Waals surface area contributed by atoms with Gasteiger partial charge in [-0.05, 0) is 53.6 Å². The summed E-state index contributed by atoms with van der Waals surface area (Å²) in [5, 5.41) is 6.65. The van der Waals surface area contributed by atoms with Crippen LogP contribution in [0, 0.1) is 0 Å². The fraction of sp³-hybridized carbons (Fsp3) is 0.0690. The van der Waals surface area contributed by atoms with Crippen molar-refractivity contribution in [3.05, 3.63) is 125 Å². The van der Waals surface area contributed by atoms with Gasteiger partial charge in [0.25, 0.3) is 5.91 Å². The molecule has 0 unspecified atom stereocenters. The van der Waals surface area contributed by atoms with E-state index in [2.05, 4.69) is 15.6 Å². The Morgan fingerprint density at radius 3 is 2.16 bits per heavy atom. The Morgan fingerprint density at radius 2 is 1.51 bits per heavy atom. The Kier molecular flexibility index (Phi) is 7.84. The van der Waals surface area contributed by atoms with E-state index in [4.69, 9.17) is 11.6 Å². The van der Waals surface area contributed by atoms with E-state index < -0.39 is 0 Å². The molecule has 0 atom stereocenters. The zero-order chi connectivity index (χ0) is 25.6. The Bertz CT molecular complexity index is 1480. The number of nitrogens with one attached hydrogen (secondary N) is 2. The Morgan fingerprint density at radius 1 is 0.865 bits per heavy atom. The molecule has 0 fully saturated rings. The van der Waals surface area contributed by atoms with Crippen LogP contribution in [-0.2, 0) is 4.79 Å². The monoisotopic (exact) mass is 543 g/mol. The van der Waals surface area contributed by atoms with Crippen molar-refractivity contribution in [2.75, 3.05) is 11.1 Å². The number of thiazole rings is 1. The van der Waals surface area contributed by atoms with Crippen LogP contribution in [-0.4, -0.2) is 22.6 Å². The third kappa shape index (κ3) is 6.38. The van der Waals surface area contributed by atoms with Crippen molar-refractivity contribution < 1.29 is 9.59 Å². The van der Waals surface area contributed by atoms with Crippen molar-refractivity contribution in [2.24, 2.45) is 0 Å². The zero-order valence-corrected chi connectivity index (χ0v) is 21.9. The van der Waals surface area contributed by atoms with Gasteiger partial charge in [-0.1, -0.05) is 84.0 Å². The molecule has 0 saturated heterocycles. The summed E-state index contributed by atoms with van der Waals surface area (Å²) in [5.41, 5.74) is 4.09. The van der Waals surface area contributed by atoms with Gasteiger partial charge < -0.3 is 10.6 Å². The van der Waals surface area contributed by atoms with E-state index in [0.29, 0.717) is 16.3 Å². The smallest absolute Gasteiger partial charge is 0.255 e. The van der Waals surface area contributed by atoms with E-state index >= 15 is 0 Å². The average molecular weight is 544 g/mol. The first-order chi connectivity index (χ1) is 18.0. The van der Waals surface area contributed by atoms with Crippen molar-refractivity contribution in [1.82, 2.24) is 10.3 Å². The number of hydrogen-bond acceptors (Lipinski definition) is 5.